The van der Waals surface area contributed by atoms with Gasteiger partial charge in [0.1, 0.15) is 24.4 Å². The van der Waals surface area contributed by atoms with Crippen LogP contribution in [0, 0.1) is 11.8 Å². The van der Waals surface area contributed by atoms with Gasteiger partial charge in [0.2, 0.25) is 6.29 Å². The molecule has 0 aliphatic carbocycles. The summed E-state index contributed by atoms with van der Waals surface area (Å²) >= 11 is 0. The molecular formula is C26H34O12. The number of hydrogen-bond acceptors (Lipinski definition) is 12. The molecule has 2 aliphatic rings. The Morgan fingerprint density at radius 1 is 0.684 bits per heavy atom. The summed E-state index contributed by atoms with van der Waals surface area (Å²) in [6.07, 6.45) is -8.49. The molecule has 12 heteroatoms. The van der Waals surface area contributed by atoms with Gasteiger partial charge in [-0.05, 0) is 35.4 Å². The first-order valence-electron chi connectivity index (χ1n) is 12.2. The van der Waals surface area contributed by atoms with E-state index < -0.39 is 61.4 Å². The molecule has 12 nitrogen and oxygen atoms in total. The normalized spacial score (nSPS) is 33.2. The van der Waals surface area contributed by atoms with E-state index >= 15 is 0 Å². The van der Waals surface area contributed by atoms with E-state index in [9.17, 15) is 35.7 Å². The number of hydrogen-bond donors (Lipinski definition) is 7. The van der Waals surface area contributed by atoms with Crippen LogP contribution in [0.4, 0.5) is 0 Å². The maximum Gasteiger partial charge on any atom is 0.229 e. The first-order chi connectivity index (χ1) is 18.3. The summed E-state index contributed by atoms with van der Waals surface area (Å²) in [5.74, 6) is -0.345. The van der Waals surface area contributed by atoms with Crippen LogP contribution in [0.5, 0.6) is 23.0 Å². The van der Waals surface area contributed by atoms with Gasteiger partial charge in [-0.15, -0.1) is 0 Å². The predicted molar refractivity (Wildman–Crippen MR) is 130 cm³/mol. The summed E-state index contributed by atoms with van der Waals surface area (Å²) in [5, 5.41) is 70.1. The molecule has 4 rings (SSSR count). The molecule has 2 aromatic carbocycles. The molecule has 2 heterocycles. The van der Waals surface area contributed by atoms with Crippen LogP contribution in [0.25, 0.3) is 0 Å². The number of aromatic hydroxyl groups is 1. The Balaban J connectivity index is 1.60. The number of aliphatic hydroxyl groups excluding tert-OH is 6. The van der Waals surface area contributed by atoms with E-state index in [4.69, 9.17) is 23.7 Å². The maximum absolute atomic E-state index is 10.3. The Labute approximate surface area is 219 Å². The van der Waals surface area contributed by atoms with Gasteiger partial charge in [0.15, 0.2) is 23.0 Å². The van der Waals surface area contributed by atoms with Crippen molar-refractivity contribution in [3.63, 3.8) is 0 Å². The van der Waals surface area contributed by atoms with Crippen molar-refractivity contribution in [3.8, 4) is 23.0 Å². The summed E-state index contributed by atoms with van der Waals surface area (Å²) in [6, 6.07) is 9.60. The van der Waals surface area contributed by atoms with Crippen molar-refractivity contribution >= 4 is 0 Å². The standard InChI is InChI=1S/C26H34O12/c1-34-18-7-12(3-5-16(18)30)24-14(9-27)15(10-28)25(38-24)13-4-6-17(19(8-13)35-2)36-26-23(33)22(32)21(31)20(11-29)37-26/h3-8,14-15,20-33H,9-11H2,1-2H3. The smallest absolute Gasteiger partial charge is 0.229 e. The van der Waals surface area contributed by atoms with E-state index in [1.807, 2.05) is 0 Å². The second-order valence-corrected chi connectivity index (χ2v) is 9.33. The number of benzene rings is 2. The predicted octanol–water partition coefficient (Wildman–Crippen LogP) is -0.382. The number of phenols is 1. The van der Waals surface area contributed by atoms with Gasteiger partial charge < -0.3 is 59.4 Å². The van der Waals surface area contributed by atoms with E-state index in [1.54, 1.807) is 24.3 Å². The number of aliphatic hydroxyl groups is 6. The summed E-state index contributed by atoms with van der Waals surface area (Å²) < 4.78 is 28.1. The molecule has 210 valence electrons. The van der Waals surface area contributed by atoms with Crippen LogP contribution in [-0.4, -0.2) is 100 Å². The van der Waals surface area contributed by atoms with Gasteiger partial charge in [-0.3, -0.25) is 0 Å². The highest BCUT2D eigenvalue weighted by atomic mass is 16.7. The molecule has 0 aromatic heterocycles. The van der Waals surface area contributed by atoms with Crippen LogP contribution in [0.1, 0.15) is 23.3 Å². The molecule has 0 spiro atoms. The maximum atomic E-state index is 10.3. The van der Waals surface area contributed by atoms with Gasteiger partial charge in [-0.1, -0.05) is 12.1 Å². The average Bonchev–Trinajstić information content (AvgIpc) is 3.32. The average molecular weight is 539 g/mol. The largest absolute Gasteiger partial charge is 0.504 e. The van der Waals surface area contributed by atoms with Gasteiger partial charge in [-0.2, -0.15) is 0 Å². The third-order valence-corrected chi connectivity index (χ3v) is 7.18. The minimum Gasteiger partial charge on any atom is -0.504 e. The molecule has 2 saturated heterocycles. The highest BCUT2D eigenvalue weighted by Crippen LogP contribution is 2.51. The van der Waals surface area contributed by atoms with Crippen molar-refractivity contribution in [2.45, 2.75) is 42.9 Å². The summed E-state index contributed by atoms with van der Waals surface area (Å²) in [6.45, 7) is -1.12. The fourth-order valence-electron chi connectivity index (χ4n) is 5.04. The Hall–Kier alpha value is -2.68. The van der Waals surface area contributed by atoms with Gasteiger partial charge in [0, 0.05) is 25.0 Å². The van der Waals surface area contributed by atoms with Gasteiger partial charge in [0.25, 0.3) is 0 Å². The lowest BCUT2D eigenvalue weighted by molar-refractivity contribution is -0.277. The molecule has 9 atom stereocenters. The highest BCUT2D eigenvalue weighted by Gasteiger charge is 2.46. The fraction of sp³-hybridized carbons (Fsp3) is 0.538. The lowest BCUT2D eigenvalue weighted by Crippen LogP contribution is -2.60. The molecule has 0 bridgehead atoms. The molecule has 9 unspecified atom stereocenters. The molecule has 0 radical (unpaired) electrons. The molecule has 0 saturated carbocycles. The molecule has 38 heavy (non-hydrogen) atoms. The van der Waals surface area contributed by atoms with Crippen molar-refractivity contribution in [2.24, 2.45) is 11.8 Å². The number of ether oxygens (including phenoxy) is 5. The molecule has 7 N–H and O–H groups in total. The lowest BCUT2D eigenvalue weighted by atomic mass is 9.83. The second kappa shape index (κ2) is 12.0. The zero-order valence-electron chi connectivity index (χ0n) is 21.0. The van der Waals surface area contributed by atoms with Crippen LogP contribution >= 0.6 is 0 Å². The zero-order chi connectivity index (χ0) is 27.6. The molecule has 0 amide bonds. The Morgan fingerprint density at radius 2 is 1.26 bits per heavy atom. The summed E-state index contributed by atoms with van der Waals surface area (Å²) in [7, 11) is 2.83. The van der Waals surface area contributed by atoms with Crippen LogP contribution in [0.15, 0.2) is 36.4 Å². The fourth-order valence-corrected chi connectivity index (χ4v) is 5.04. The van der Waals surface area contributed by atoms with E-state index in [0.717, 1.165) is 0 Å². The van der Waals surface area contributed by atoms with Crippen LogP contribution < -0.4 is 14.2 Å². The van der Waals surface area contributed by atoms with Crippen LogP contribution in [-0.2, 0) is 9.47 Å². The second-order valence-electron chi connectivity index (χ2n) is 9.33. The molecule has 2 aliphatic heterocycles. The highest BCUT2D eigenvalue weighted by molar-refractivity contribution is 5.45. The van der Waals surface area contributed by atoms with E-state index in [1.165, 1.54) is 26.4 Å². The van der Waals surface area contributed by atoms with Gasteiger partial charge in [-0.25, -0.2) is 0 Å². The number of rotatable bonds is 9. The Kier molecular flexibility index (Phi) is 8.96. The van der Waals surface area contributed by atoms with Gasteiger partial charge in [0.05, 0.1) is 33.0 Å². The third kappa shape index (κ3) is 5.26. The molecule has 2 fully saturated rings. The van der Waals surface area contributed by atoms with E-state index in [-0.39, 0.29) is 36.2 Å². The van der Waals surface area contributed by atoms with Crippen molar-refractivity contribution in [3.05, 3.63) is 47.5 Å². The third-order valence-electron chi connectivity index (χ3n) is 7.18. The Bertz CT molecular complexity index is 1080. The van der Waals surface area contributed by atoms with Crippen LogP contribution in [0.2, 0.25) is 0 Å². The monoisotopic (exact) mass is 538 g/mol. The van der Waals surface area contributed by atoms with Crippen molar-refractivity contribution in [1.29, 1.82) is 0 Å². The van der Waals surface area contributed by atoms with Gasteiger partial charge >= 0.3 is 0 Å². The first-order valence-corrected chi connectivity index (χ1v) is 12.2. The number of phenolic OH excluding ortho intramolecular Hbond substituents is 1. The molecule has 2 aromatic rings. The number of methoxy groups -OCH3 is 2. The quantitative estimate of drug-likeness (QED) is 0.220. The lowest BCUT2D eigenvalue weighted by Gasteiger charge is -2.39. The minimum atomic E-state index is -1.60. The van der Waals surface area contributed by atoms with Crippen LogP contribution in [0.3, 0.4) is 0 Å². The summed E-state index contributed by atoms with van der Waals surface area (Å²) in [5.41, 5.74) is 1.28. The van der Waals surface area contributed by atoms with E-state index in [0.29, 0.717) is 11.1 Å². The van der Waals surface area contributed by atoms with E-state index in [2.05, 4.69) is 0 Å². The first kappa shape index (κ1) is 28.3. The zero-order valence-corrected chi connectivity index (χ0v) is 21.0. The Morgan fingerprint density at radius 3 is 1.82 bits per heavy atom. The van der Waals surface area contributed by atoms with Crippen molar-refractivity contribution in [2.75, 3.05) is 34.0 Å². The SMILES string of the molecule is COc1cc(C2OC(c3ccc(OC4OC(CO)C(O)C(O)C4O)c(OC)c3)C(CO)C2CO)ccc1O. The van der Waals surface area contributed by atoms with Crippen molar-refractivity contribution in [1.82, 2.24) is 0 Å². The topological polar surface area (TPSA) is 188 Å². The van der Waals surface area contributed by atoms with Crippen molar-refractivity contribution < 1.29 is 59.4 Å². The minimum absolute atomic E-state index is 0.0372. The molecular weight excluding hydrogens is 504 g/mol. The summed E-state index contributed by atoms with van der Waals surface area (Å²) in [4.78, 5) is 0.